The summed E-state index contributed by atoms with van der Waals surface area (Å²) in [6, 6.07) is 36.5. The van der Waals surface area contributed by atoms with Crippen LogP contribution in [0.4, 0.5) is 0 Å². The summed E-state index contributed by atoms with van der Waals surface area (Å²) in [5.41, 5.74) is 7.65. The number of aryl methyl sites for hydroxylation is 1. The maximum Gasteiger partial charge on any atom is 0.143 e. The van der Waals surface area contributed by atoms with Crippen molar-refractivity contribution in [3.63, 3.8) is 0 Å². The second-order valence-electron chi connectivity index (χ2n) is 10.0. The van der Waals surface area contributed by atoms with Gasteiger partial charge in [-0.25, -0.2) is 0 Å². The molecule has 0 aromatic heterocycles. The lowest BCUT2D eigenvalue weighted by Gasteiger charge is -2.47. The molecular weight excluding hydrogens is 556 g/mol. The summed E-state index contributed by atoms with van der Waals surface area (Å²) in [5.74, 6) is 0.879. The summed E-state index contributed by atoms with van der Waals surface area (Å²) < 4.78 is 7.34. The summed E-state index contributed by atoms with van der Waals surface area (Å²) in [6.07, 6.45) is 2.04. The highest BCUT2D eigenvalue weighted by Crippen LogP contribution is 2.46. The molecule has 0 saturated heterocycles. The van der Waals surface area contributed by atoms with Crippen LogP contribution in [0.2, 0.25) is 5.02 Å². The Hall–Kier alpha value is -3.05. The number of ether oxygens (including phenoxy) is 1. The first-order valence-electron chi connectivity index (χ1n) is 13.1. The molecule has 0 radical (unpaired) electrons. The highest BCUT2D eigenvalue weighted by molar-refractivity contribution is 9.10. The van der Waals surface area contributed by atoms with E-state index in [4.69, 9.17) is 16.3 Å². The molecule has 1 unspecified atom stereocenters. The SMILES string of the molecule is Clc1cc(Br)c2c(c1)C1=C(CO2)C(CCc2ccccc2)N(Cc2ccccc2)CN1Cc1ccccc1. The molecule has 0 bridgehead atoms. The lowest BCUT2D eigenvalue weighted by molar-refractivity contribution is 0.0978. The van der Waals surface area contributed by atoms with Gasteiger partial charge in [-0.2, -0.15) is 0 Å². The van der Waals surface area contributed by atoms with Gasteiger partial charge in [0, 0.05) is 35.3 Å². The predicted octanol–water partition coefficient (Wildman–Crippen LogP) is 8.18. The van der Waals surface area contributed by atoms with E-state index in [0.29, 0.717) is 11.6 Å². The van der Waals surface area contributed by atoms with E-state index in [0.717, 1.165) is 48.4 Å². The molecule has 38 heavy (non-hydrogen) atoms. The predicted molar refractivity (Wildman–Crippen MR) is 159 cm³/mol. The van der Waals surface area contributed by atoms with Gasteiger partial charge in [-0.15, -0.1) is 0 Å². The molecule has 6 rings (SSSR count). The van der Waals surface area contributed by atoms with E-state index in [1.165, 1.54) is 28.0 Å². The number of hydrogen-bond donors (Lipinski definition) is 0. The second-order valence-corrected chi connectivity index (χ2v) is 11.3. The average Bonchev–Trinajstić information content (AvgIpc) is 2.94. The Kier molecular flexibility index (Phi) is 7.55. The van der Waals surface area contributed by atoms with Gasteiger partial charge in [-0.05, 0) is 57.6 Å². The van der Waals surface area contributed by atoms with Gasteiger partial charge in [0.1, 0.15) is 12.4 Å². The largest absolute Gasteiger partial charge is 0.487 e. The molecule has 4 aromatic carbocycles. The molecule has 0 spiro atoms. The van der Waals surface area contributed by atoms with E-state index >= 15 is 0 Å². The molecule has 0 amide bonds. The van der Waals surface area contributed by atoms with E-state index in [1.807, 2.05) is 6.07 Å². The van der Waals surface area contributed by atoms with Crippen molar-refractivity contribution in [3.05, 3.63) is 140 Å². The first kappa shape index (κ1) is 25.2. The van der Waals surface area contributed by atoms with Crippen molar-refractivity contribution in [2.24, 2.45) is 0 Å². The summed E-state index contributed by atoms with van der Waals surface area (Å²) in [5, 5.41) is 0.709. The Bertz CT molecular complexity index is 1430. The number of fused-ring (bicyclic) bond motifs is 2. The van der Waals surface area contributed by atoms with Gasteiger partial charge in [0.05, 0.1) is 16.8 Å². The molecule has 0 aliphatic carbocycles. The minimum absolute atomic E-state index is 0.253. The van der Waals surface area contributed by atoms with Gasteiger partial charge < -0.3 is 9.64 Å². The Morgan fingerprint density at radius 3 is 2.05 bits per heavy atom. The monoisotopic (exact) mass is 584 g/mol. The number of halogens is 2. The van der Waals surface area contributed by atoms with Crippen LogP contribution in [0.25, 0.3) is 5.70 Å². The van der Waals surface area contributed by atoms with Crippen LogP contribution in [0.5, 0.6) is 5.75 Å². The molecule has 3 nitrogen and oxygen atoms in total. The second kappa shape index (κ2) is 11.4. The van der Waals surface area contributed by atoms with Crippen molar-refractivity contribution in [1.82, 2.24) is 9.80 Å². The molecule has 2 aliphatic rings. The van der Waals surface area contributed by atoms with Crippen molar-refractivity contribution in [2.45, 2.75) is 32.0 Å². The van der Waals surface area contributed by atoms with E-state index in [9.17, 15) is 0 Å². The van der Waals surface area contributed by atoms with Crippen LogP contribution in [-0.4, -0.2) is 29.1 Å². The third kappa shape index (κ3) is 5.40. The van der Waals surface area contributed by atoms with Crippen LogP contribution in [0.3, 0.4) is 0 Å². The molecule has 0 fully saturated rings. The fraction of sp³-hybridized carbons (Fsp3) is 0.212. The molecule has 0 N–H and O–H groups in total. The van der Waals surface area contributed by atoms with E-state index in [1.54, 1.807) is 0 Å². The summed E-state index contributed by atoms with van der Waals surface area (Å²) >= 11 is 10.3. The molecular formula is C33H30BrClN2O. The molecule has 0 saturated carbocycles. The number of hydrogen-bond acceptors (Lipinski definition) is 3. The van der Waals surface area contributed by atoms with Gasteiger partial charge in [0.15, 0.2) is 0 Å². The zero-order valence-electron chi connectivity index (χ0n) is 21.2. The highest BCUT2D eigenvalue weighted by Gasteiger charge is 2.38. The first-order chi connectivity index (χ1) is 18.7. The van der Waals surface area contributed by atoms with E-state index < -0.39 is 0 Å². The Morgan fingerprint density at radius 2 is 1.39 bits per heavy atom. The molecule has 192 valence electrons. The first-order valence-corrected chi connectivity index (χ1v) is 14.3. The Morgan fingerprint density at radius 1 is 0.789 bits per heavy atom. The minimum atomic E-state index is 0.253. The Balaban J connectivity index is 1.44. The fourth-order valence-electron chi connectivity index (χ4n) is 5.73. The van der Waals surface area contributed by atoms with Gasteiger partial charge in [-0.3, -0.25) is 4.90 Å². The van der Waals surface area contributed by atoms with Crippen molar-refractivity contribution in [3.8, 4) is 5.75 Å². The molecule has 2 aliphatic heterocycles. The highest BCUT2D eigenvalue weighted by atomic mass is 79.9. The molecule has 2 heterocycles. The van der Waals surface area contributed by atoms with E-state index in [-0.39, 0.29) is 6.04 Å². The quantitative estimate of drug-likeness (QED) is 0.217. The van der Waals surface area contributed by atoms with Crippen molar-refractivity contribution < 1.29 is 4.74 Å². The maximum atomic E-state index is 6.60. The molecule has 5 heteroatoms. The van der Waals surface area contributed by atoms with Gasteiger partial charge >= 0.3 is 0 Å². The third-order valence-electron chi connectivity index (χ3n) is 7.45. The van der Waals surface area contributed by atoms with Crippen LogP contribution in [0, 0.1) is 0 Å². The van der Waals surface area contributed by atoms with E-state index in [2.05, 4.69) is 123 Å². The number of benzene rings is 4. The topological polar surface area (TPSA) is 15.7 Å². The number of nitrogens with zero attached hydrogens (tertiary/aromatic N) is 2. The van der Waals surface area contributed by atoms with Crippen LogP contribution in [-0.2, 0) is 19.5 Å². The van der Waals surface area contributed by atoms with Crippen LogP contribution in [0.15, 0.2) is 113 Å². The normalized spacial score (nSPS) is 17.1. The van der Waals surface area contributed by atoms with Gasteiger partial charge in [0.25, 0.3) is 0 Å². The average molecular weight is 586 g/mol. The smallest absolute Gasteiger partial charge is 0.143 e. The van der Waals surface area contributed by atoms with Crippen molar-refractivity contribution in [2.75, 3.05) is 13.3 Å². The maximum absolute atomic E-state index is 6.60. The summed E-state index contributed by atoms with van der Waals surface area (Å²) in [6.45, 7) is 3.10. The number of rotatable bonds is 7. The van der Waals surface area contributed by atoms with Crippen molar-refractivity contribution in [1.29, 1.82) is 0 Å². The van der Waals surface area contributed by atoms with Crippen LogP contribution < -0.4 is 4.74 Å². The van der Waals surface area contributed by atoms with Crippen LogP contribution >= 0.6 is 27.5 Å². The lowest BCUT2D eigenvalue weighted by atomic mass is 9.89. The molecule has 4 aromatic rings. The minimum Gasteiger partial charge on any atom is -0.487 e. The summed E-state index contributed by atoms with van der Waals surface area (Å²) in [4.78, 5) is 5.13. The lowest BCUT2D eigenvalue weighted by Crippen LogP contribution is -2.50. The zero-order valence-corrected chi connectivity index (χ0v) is 23.5. The summed E-state index contributed by atoms with van der Waals surface area (Å²) in [7, 11) is 0. The zero-order chi connectivity index (χ0) is 25.9. The standard InChI is InChI=1S/C33H30BrClN2O/c34-30-19-27(35)18-28-32-29(22-38-33(28)30)31(17-16-24-10-4-1-5-11-24)36(20-25-12-6-2-7-13-25)23-37(32)21-26-14-8-3-9-15-26/h1-15,18-19,31H,16-17,20-23H2. The van der Waals surface area contributed by atoms with Gasteiger partial charge in [0.2, 0.25) is 0 Å². The van der Waals surface area contributed by atoms with Gasteiger partial charge in [-0.1, -0.05) is 103 Å². The van der Waals surface area contributed by atoms with Crippen LogP contribution in [0.1, 0.15) is 28.7 Å². The fourth-order valence-corrected chi connectivity index (χ4v) is 6.65. The van der Waals surface area contributed by atoms with Crippen molar-refractivity contribution >= 4 is 33.2 Å². The Labute approximate surface area is 238 Å². The third-order valence-corrected chi connectivity index (χ3v) is 8.25. The molecule has 1 atom stereocenters.